The van der Waals surface area contributed by atoms with Crippen LogP contribution in [0.2, 0.25) is 0 Å². The first-order chi connectivity index (χ1) is 7.75. The van der Waals surface area contributed by atoms with Crippen LogP contribution in [-0.2, 0) is 6.54 Å². The molecule has 1 aromatic heterocycles. The molecule has 0 saturated carbocycles. The number of hydrogen-bond acceptors (Lipinski definition) is 3. The Morgan fingerprint density at radius 1 is 1.31 bits per heavy atom. The Hall–Kier alpha value is -1.36. The molecule has 2 rings (SSSR count). The van der Waals surface area contributed by atoms with E-state index in [0.29, 0.717) is 12.5 Å². The zero-order valence-electron chi connectivity index (χ0n) is 9.24. The van der Waals surface area contributed by atoms with Gasteiger partial charge in [0.05, 0.1) is 0 Å². The fraction of sp³-hybridized carbons (Fsp3) is 0.636. The lowest BCUT2D eigenvalue weighted by atomic mass is 9.95. The molecule has 0 aliphatic carbocycles. The summed E-state index contributed by atoms with van der Waals surface area (Å²) < 4.78 is 1.57. The van der Waals surface area contributed by atoms with Crippen molar-refractivity contribution in [2.75, 3.05) is 13.1 Å². The molecule has 1 fully saturated rings. The molecule has 16 heavy (non-hydrogen) atoms. The van der Waals surface area contributed by atoms with Crippen LogP contribution in [0.4, 0.5) is 0 Å². The van der Waals surface area contributed by atoms with E-state index in [0.717, 1.165) is 19.5 Å². The molecule has 5 heteroatoms. The van der Waals surface area contributed by atoms with Crippen molar-refractivity contribution in [3.63, 3.8) is 0 Å². The van der Waals surface area contributed by atoms with Crippen molar-refractivity contribution in [3.05, 3.63) is 33.1 Å². The second-order valence-electron chi connectivity index (χ2n) is 4.29. The molecule has 2 N–H and O–H groups in total. The van der Waals surface area contributed by atoms with E-state index < -0.39 is 0 Å². The maximum atomic E-state index is 11.4. The zero-order chi connectivity index (χ0) is 11.4. The van der Waals surface area contributed by atoms with E-state index in [4.69, 9.17) is 0 Å². The summed E-state index contributed by atoms with van der Waals surface area (Å²) in [6.45, 7) is 2.84. The summed E-state index contributed by atoms with van der Waals surface area (Å²) in [7, 11) is 0. The van der Waals surface area contributed by atoms with Gasteiger partial charge in [-0.25, -0.2) is 4.79 Å². The van der Waals surface area contributed by atoms with E-state index >= 15 is 0 Å². The van der Waals surface area contributed by atoms with Crippen molar-refractivity contribution >= 4 is 0 Å². The minimum atomic E-state index is -0.330. The van der Waals surface area contributed by atoms with Gasteiger partial charge in [-0.2, -0.15) is 0 Å². The Bertz CT molecular complexity index is 443. The van der Waals surface area contributed by atoms with E-state index in [1.807, 2.05) is 0 Å². The standard InChI is InChI=1S/C11H17N3O2/c15-10-4-8-14(11(16)13-10)7-3-9-1-5-12-6-2-9/h4,8-9,12H,1-3,5-7H2,(H,13,15,16). The SMILES string of the molecule is O=c1ccn(CCC2CCNCC2)c(=O)[nH]1. The van der Waals surface area contributed by atoms with Crippen molar-refractivity contribution in [1.29, 1.82) is 0 Å². The van der Waals surface area contributed by atoms with Crippen LogP contribution in [0.1, 0.15) is 19.3 Å². The van der Waals surface area contributed by atoms with Crippen LogP contribution >= 0.6 is 0 Å². The third-order valence-electron chi connectivity index (χ3n) is 3.13. The summed E-state index contributed by atoms with van der Waals surface area (Å²) in [6, 6.07) is 1.39. The molecule has 0 atom stereocenters. The molecule has 1 aliphatic rings. The lowest BCUT2D eigenvalue weighted by Gasteiger charge is -2.22. The van der Waals surface area contributed by atoms with E-state index in [1.165, 1.54) is 18.9 Å². The number of rotatable bonds is 3. The van der Waals surface area contributed by atoms with E-state index in [-0.39, 0.29) is 11.2 Å². The van der Waals surface area contributed by atoms with Crippen LogP contribution < -0.4 is 16.6 Å². The molecule has 0 amide bonds. The minimum absolute atomic E-state index is 0.304. The van der Waals surface area contributed by atoms with Gasteiger partial charge in [0, 0.05) is 18.8 Å². The van der Waals surface area contributed by atoms with Crippen LogP contribution in [0.25, 0.3) is 0 Å². The number of aromatic amines is 1. The third-order valence-corrected chi connectivity index (χ3v) is 3.13. The van der Waals surface area contributed by atoms with Crippen molar-refractivity contribution in [3.8, 4) is 0 Å². The summed E-state index contributed by atoms with van der Waals surface area (Å²) in [5, 5.41) is 3.32. The molecule has 1 aromatic rings. The number of piperidine rings is 1. The normalized spacial score (nSPS) is 17.5. The highest BCUT2D eigenvalue weighted by Crippen LogP contribution is 2.15. The monoisotopic (exact) mass is 223 g/mol. The van der Waals surface area contributed by atoms with Crippen molar-refractivity contribution < 1.29 is 0 Å². The number of hydrogen-bond donors (Lipinski definition) is 2. The molecule has 5 nitrogen and oxygen atoms in total. The largest absolute Gasteiger partial charge is 0.328 e. The smallest absolute Gasteiger partial charge is 0.317 e. The molecule has 88 valence electrons. The molecule has 0 bridgehead atoms. The van der Waals surface area contributed by atoms with Crippen LogP contribution in [-0.4, -0.2) is 22.6 Å². The first kappa shape index (κ1) is 11.1. The van der Waals surface area contributed by atoms with Gasteiger partial charge >= 0.3 is 5.69 Å². The minimum Gasteiger partial charge on any atom is -0.317 e. The molecule has 1 saturated heterocycles. The number of nitrogens with zero attached hydrogens (tertiary/aromatic N) is 1. The van der Waals surface area contributed by atoms with Gasteiger partial charge in [-0.3, -0.25) is 9.78 Å². The van der Waals surface area contributed by atoms with Crippen LogP contribution in [0.5, 0.6) is 0 Å². The summed E-state index contributed by atoms with van der Waals surface area (Å²) in [5.41, 5.74) is -0.635. The number of H-pyrrole nitrogens is 1. The van der Waals surface area contributed by atoms with E-state index in [9.17, 15) is 9.59 Å². The van der Waals surface area contributed by atoms with Gasteiger partial charge < -0.3 is 9.88 Å². The number of aryl methyl sites for hydroxylation is 1. The quantitative estimate of drug-likeness (QED) is 0.753. The number of aromatic nitrogens is 2. The maximum Gasteiger partial charge on any atom is 0.328 e. The Labute approximate surface area is 93.5 Å². The molecule has 2 heterocycles. The van der Waals surface area contributed by atoms with Gasteiger partial charge in [0.2, 0.25) is 0 Å². The Balaban J connectivity index is 1.93. The fourth-order valence-corrected chi connectivity index (χ4v) is 2.11. The first-order valence-electron chi connectivity index (χ1n) is 5.76. The Morgan fingerprint density at radius 3 is 2.75 bits per heavy atom. The van der Waals surface area contributed by atoms with E-state index in [2.05, 4.69) is 10.3 Å². The lowest BCUT2D eigenvalue weighted by molar-refractivity contribution is 0.335. The van der Waals surface area contributed by atoms with Gasteiger partial charge in [0.15, 0.2) is 0 Å². The summed E-state index contributed by atoms with van der Waals surface area (Å²) >= 11 is 0. The third kappa shape index (κ3) is 2.82. The fourth-order valence-electron chi connectivity index (χ4n) is 2.11. The Kier molecular flexibility index (Phi) is 3.56. The lowest BCUT2D eigenvalue weighted by Crippen LogP contribution is -2.31. The highest BCUT2D eigenvalue weighted by molar-refractivity contribution is 4.82. The highest BCUT2D eigenvalue weighted by Gasteiger charge is 2.12. The average molecular weight is 223 g/mol. The Morgan fingerprint density at radius 2 is 2.06 bits per heavy atom. The zero-order valence-corrected chi connectivity index (χ0v) is 9.24. The molecule has 1 aliphatic heterocycles. The molecule has 0 unspecified atom stereocenters. The summed E-state index contributed by atoms with van der Waals surface area (Å²) in [6.07, 6.45) is 4.94. The van der Waals surface area contributed by atoms with Crippen LogP contribution in [0.3, 0.4) is 0 Å². The predicted molar refractivity (Wildman–Crippen MR) is 61.5 cm³/mol. The molecular formula is C11H17N3O2. The van der Waals surface area contributed by atoms with Gasteiger partial charge in [0.25, 0.3) is 5.56 Å². The number of nitrogens with one attached hydrogen (secondary N) is 2. The molecule has 0 aromatic carbocycles. The highest BCUT2D eigenvalue weighted by atomic mass is 16.2. The van der Waals surface area contributed by atoms with Crippen LogP contribution in [0.15, 0.2) is 21.9 Å². The van der Waals surface area contributed by atoms with Gasteiger partial charge in [0.1, 0.15) is 0 Å². The van der Waals surface area contributed by atoms with Crippen LogP contribution in [0, 0.1) is 5.92 Å². The molecule has 0 spiro atoms. The van der Waals surface area contributed by atoms with Crippen molar-refractivity contribution in [2.24, 2.45) is 5.92 Å². The second-order valence-corrected chi connectivity index (χ2v) is 4.29. The van der Waals surface area contributed by atoms with Gasteiger partial charge in [-0.15, -0.1) is 0 Å². The molecule has 0 radical (unpaired) electrons. The van der Waals surface area contributed by atoms with Gasteiger partial charge in [-0.1, -0.05) is 0 Å². The van der Waals surface area contributed by atoms with E-state index in [1.54, 1.807) is 10.8 Å². The predicted octanol–water partition coefficient (Wildman–Crippen LogP) is -0.0737. The van der Waals surface area contributed by atoms with Gasteiger partial charge in [-0.05, 0) is 38.3 Å². The topological polar surface area (TPSA) is 66.9 Å². The summed E-state index contributed by atoms with van der Waals surface area (Å²) in [4.78, 5) is 24.5. The first-order valence-corrected chi connectivity index (χ1v) is 5.76. The van der Waals surface area contributed by atoms with Crippen molar-refractivity contribution in [2.45, 2.75) is 25.8 Å². The average Bonchev–Trinajstić information content (AvgIpc) is 2.29. The summed E-state index contributed by atoms with van der Waals surface area (Å²) in [5.74, 6) is 0.695. The van der Waals surface area contributed by atoms with Crippen molar-refractivity contribution in [1.82, 2.24) is 14.9 Å². The second kappa shape index (κ2) is 5.12. The maximum absolute atomic E-state index is 11.4. The molecular weight excluding hydrogens is 206 g/mol.